The summed E-state index contributed by atoms with van der Waals surface area (Å²) in [5.41, 5.74) is 0. The number of methoxy groups -OCH3 is 1. The van der Waals surface area contributed by atoms with Crippen molar-refractivity contribution >= 4 is 0 Å². The van der Waals surface area contributed by atoms with Gasteiger partial charge < -0.3 is 14.6 Å². The topological polar surface area (TPSA) is 60.2 Å². The van der Waals surface area contributed by atoms with Crippen molar-refractivity contribution in [2.45, 2.75) is 52.2 Å². The molecule has 1 rings (SSSR count). The minimum Gasteiger partial charge on any atom is -0.373 e. The van der Waals surface area contributed by atoms with Crippen molar-refractivity contribution in [2.24, 2.45) is 0 Å². The SMILES string of the molecule is CCNC(CC)Cc1nc(C(CC)OC)no1. The van der Waals surface area contributed by atoms with E-state index in [0.717, 1.165) is 25.8 Å². The van der Waals surface area contributed by atoms with Crippen molar-refractivity contribution < 1.29 is 9.26 Å². The van der Waals surface area contributed by atoms with Crippen molar-refractivity contribution in [1.29, 1.82) is 0 Å². The Balaban J connectivity index is 2.60. The van der Waals surface area contributed by atoms with Crippen LogP contribution in [-0.2, 0) is 11.2 Å². The minimum absolute atomic E-state index is 0.0632. The normalized spacial score (nSPS) is 14.8. The lowest BCUT2D eigenvalue weighted by molar-refractivity contribution is 0.0903. The predicted molar refractivity (Wildman–Crippen MR) is 65.8 cm³/mol. The van der Waals surface area contributed by atoms with Gasteiger partial charge in [-0.05, 0) is 19.4 Å². The zero-order valence-electron chi connectivity index (χ0n) is 11.2. The molecule has 0 aromatic carbocycles. The molecule has 0 aliphatic heterocycles. The molecule has 98 valence electrons. The Morgan fingerprint density at radius 3 is 2.59 bits per heavy atom. The second kappa shape index (κ2) is 7.40. The van der Waals surface area contributed by atoms with Gasteiger partial charge in [-0.1, -0.05) is 25.9 Å². The fraction of sp³-hybridized carbons (Fsp3) is 0.833. The molecule has 5 nitrogen and oxygen atoms in total. The molecule has 0 saturated heterocycles. The van der Waals surface area contributed by atoms with Crippen LogP contribution in [0.25, 0.3) is 0 Å². The molecular formula is C12H23N3O2. The van der Waals surface area contributed by atoms with Gasteiger partial charge in [0.2, 0.25) is 11.7 Å². The molecule has 2 atom stereocenters. The second-order valence-electron chi connectivity index (χ2n) is 4.05. The first-order chi connectivity index (χ1) is 8.24. The maximum Gasteiger partial charge on any atom is 0.228 e. The molecule has 2 unspecified atom stereocenters. The van der Waals surface area contributed by atoms with Crippen molar-refractivity contribution in [2.75, 3.05) is 13.7 Å². The Bertz CT molecular complexity index is 310. The molecule has 0 bridgehead atoms. The number of aromatic nitrogens is 2. The Labute approximate surface area is 103 Å². The predicted octanol–water partition coefficient (Wildman–Crippen LogP) is 2.10. The number of hydrogen-bond acceptors (Lipinski definition) is 5. The van der Waals surface area contributed by atoms with E-state index in [2.05, 4.69) is 29.3 Å². The quantitative estimate of drug-likeness (QED) is 0.755. The summed E-state index contributed by atoms with van der Waals surface area (Å²) in [5.74, 6) is 1.33. The number of hydrogen-bond donors (Lipinski definition) is 1. The lowest BCUT2D eigenvalue weighted by atomic mass is 10.1. The van der Waals surface area contributed by atoms with E-state index in [-0.39, 0.29) is 6.10 Å². The number of nitrogens with zero attached hydrogens (tertiary/aromatic N) is 2. The van der Waals surface area contributed by atoms with Gasteiger partial charge in [-0.15, -0.1) is 0 Å². The number of ether oxygens (including phenoxy) is 1. The molecule has 0 radical (unpaired) electrons. The smallest absolute Gasteiger partial charge is 0.228 e. The zero-order valence-corrected chi connectivity index (χ0v) is 11.2. The highest BCUT2D eigenvalue weighted by atomic mass is 16.5. The van der Waals surface area contributed by atoms with Gasteiger partial charge in [-0.3, -0.25) is 0 Å². The lowest BCUT2D eigenvalue weighted by Gasteiger charge is -2.12. The van der Waals surface area contributed by atoms with Gasteiger partial charge in [-0.25, -0.2) is 0 Å². The van der Waals surface area contributed by atoms with E-state index in [0.29, 0.717) is 17.8 Å². The summed E-state index contributed by atoms with van der Waals surface area (Å²) in [6.45, 7) is 7.24. The van der Waals surface area contributed by atoms with E-state index < -0.39 is 0 Å². The monoisotopic (exact) mass is 241 g/mol. The van der Waals surface area contributed by atoms with Gasteiger partial charge >= 0.3 is 0 Å². The Hall–Kier alpha value is -0.940. The van der Waals surface area contributed by atoms with E-state index in [1.807, 2.05) is 6.92 Å². The molecule has 5 heteroatoms. The summed E-state index contributed by atoms with van der Waals surface area (Å²) < 4.78 is 10.5. The standard InChI is InChI=1S/C12H23N3O2/c1-5-9(13-7-3)8-11-14-12(15-17-11)10(6-2)16-4/h9-10,13H,5-8H2,1-4H3. The largest absolute Gasteiger partial charge is 0.373 e. The van der Waals surface area contributed by atoms with Crippen LogP contribution in [0.2, 0.25) is 0 Å². The maximum absolute atomic E-state index is 5.28. The van der Waals surface area contributed by atoms with Gasteiger partial charge in [-0.2, -0.15) is 4.98 Å². The molecule has 0 spiro atoms. The minimum atomic E-state index is -0.0632. The van der Waals surface area contributed by atoms with Crippen LogP contribution in [0.1, 0.15) is 51.4 Å². The van der Waals surface area contributed by atoms with E-state index in [1.165, 1.54) is 0 Å². The number of nitrogens with one attached hydrogen (secondary N) is 1. The second-order valence-corrected chi connectivity index (χ2v) is 4.05. The summed E-state index contributed by atoms with van der Waals surface area (Å²) in [4.78, 5) is 4.38. The maximum atomic E-state index is 5.28. The molecule has 0 amide bonds. The molecule has 0 aliphatic rings. The number of likely N-dealkylation sites (N-methyl/N-ethyl adjacent to an activating group) is 1. The first kappa shape index (κ1) is 14.1. The van der Waals surface area contributed by atoms with Crippen LogP contribution in [0, 0.1) is 0 Å². The van der Waals surface area contributed by atoms with Gasteiger partial charge in [0.1, 0.15) is 6.10 Å². The average molecular weight is 241 g/mol. The Kier molecular flexibility index (Phi) is 6.15. The van der Waals surface area contributed by atoms with Crippen LogP contribution in [0.3, 0.4) is 0 Å². The van der Waals surface area contributed by atoms with Crippen LogP contribution in [0.5, 0.6) is 0 Å². The summed E-state index contributed by atoms with van der Waals surface area (Å²) in [6, 6.07) is 0.399. The zero-order chi connectivity index (χ0) is 12.7. The highest BCUT2D eigenvalue weighted by Crippen LogP contribution is 2.17. The highest BCUT2D eigenvalue weighted by molar-refractivity contribution is 4.93. The van der Waals surface area contributed by atoms with E-state index in [1.54, 1.807) is 7.11 Å². The number of rotatable bonds is 8. The molecule has 1 aromatic heterocycles. The molecule has 0 saturated carbocycles. The van der Waals surface area contributed by atoms with E-state index in [4.69, 9.17) is 9.26 Å². The van der Waals surface area contributed by atoms with Gasteiger partial charge in [0.05, 0.1) is 0 Å². The first-order valence-electron chi connectivity index (χ1n) is 6.33. The third kappa shape index (κ3) is 4.09. The van der Waals surface area contributed by atoms with Crippen LogP contribution in [0.15, 0.2) is 4.52 Å². The Morgan fingerprint density at radius 2 is 2.06 bits per heavy atom. The van der Waals surface area contributed by atoms with Crippen molar-refractivity contribution in [3.05, 3.63) is 11.7 Å². The highest BCUT2D eigenvalue weighted by Gasteiger charge is 2.17. The molecule has 0 fully saturated rings. The lowest BCUT2D eigenvalue weighted by Crippen LogP contribution is -2.30. The van der Waals surface area contributed by atoms with Crippen molar-refractivity contribution in [3.63, 3.8) is 0 Å². The molecule has 17 heavy (non-hydrogen) atoms. The van der Waals surface area contributed by atoms with E-state index >= 15 is 0 Å². The molecule has 1 aromatic rings. The molecular weight excluding hydrogens is 218 g/mol. The molecule has 0 aliphatic carbocycles. The first-order valence-corrected chi connectivity index (χ1v) is 6.33. The van der Waals surface area contributed by atoms with Crippen molar-refractivity contribution in [1.82, 2.24) is 15.5 Å². The van der Waals surface area contributed by atoms with Crippen LogP contribution in [-0.4, -0.2) is 29.8 Å². The Morgan fingerprint density at radius 1 is 1.29 bits per heavy atom. The fourth-order valence-electron chi connectivity index (χ4n) is 1.80. The van der Waals surface area contributed by atoms with E-state index in [9.17, 15) is 0 Å². The summed E-state index contributed by atoms with van der Waals surface area (Å²) in [7, 11) is 1.66. The summed E-state index contributed by atoms with van der Waals surface area (Å²) in [5, 5.41) is 7.35. The average Bonchev–Trinajstić information content (AvgIpc) is 2.79. The van der Waals surface area contributed by atoms with Crippen molar-refractivity contribution in [3.8, 4) is 0 Å². The summed E-state index contributed by atoms with van der Waals surface area (Å²) in [6.07, 6.45) is 2.61. The molecule has 1 N–H and O–H groups in total. The van der Waals surface area contributed by atoms with Gasteiger partial charge in [0.25, 0.3) is 0 Å². The van der Waals surface area contributed by atoms with Gasteiger partial charge in [0.15, 0.2) is 0 Å². The third-order valence-electron chi connectivity index (χ3n) is 2.83. The third-order valence-corrected chi connectivity index (χ3v) is 2.83. The summed E-state index contributed by atoms with van der Waals surface area (Å²) >= 11 is 0. The van der Waals surface area contributed by atoms with Crippen LogP contribution < -0.4 is 5.32 Å². The van der Waals surface area contributed by atoms with Crippen LogP contribution in [0.4, 0.5) is 0 Å². The molecule has 1 heterocycles. The fourth-order valence-corrected chi connectivity index (χ4v) is 1.80. The van der Waals surface area contributed by atoms with Gasteiger partial charge in [0, 0.05) is 19.6 Å². The van der Waals surface area contributed by atoms with Crippen LogP contribution >= 0.6 is 0 Å².